The molecule has 0 spiro atoms. The predicted molar refractivity (Wildman–Crippen MR) is 91.7 cm³/mol. The van der Waals surface area contributed by atoms with E-state index in [1.54, 1.807) is 0 Å². The van der Waals surface area contributed by atoms with Gasteiger partial charge in [-0.15, -0.1) is 0 Å². The molecule has 4 heteroatoms. The van der Waals surface area contributed by atoms with Gasteiger partial charge in [-0.3, -0.25) is 4.90 Å². The molecule has 122 valence electrons. The maximum atomic E-state index is 6.16. The molecular weight excluding hydrogens is 272 g/mol. The maximum Gasteiger partial charge on any atom is 0.0480 e. The van der Waals surface area contributed by atoms with Crippen molar-refractivity contribution in [2.24, 2.45) is 5.73 Å². The van der Waals surface area contributed by atoms with E-state index in [0.717, 1.165) is 19.6 Å². The van der Waals surface area contributed by atoms with E-state index in [-0.39, 0.29) is 0 Å². The van der Waals surface area contributed by atoms with Crippen molar-refractivity contribution in [2.45, 2.75) is 38.0 Å². The number of piperidine rings is 1. The van der Waals surface area contributed by atoms with Gasteiger partial charge in [-0.05, 0) is 63.8 Å². The molecule has 2 aliphatic rings. The van der Waals surface area contributed by atoms with Crippen LogP contribution in [0.1, 0.15) is 35.6 Å². The Labute approximate surface area is 134 Å². The third-order valence-corrected chi connectivity index (χ3v) is 5.20. The molecule has 2 aliphatic heterocycles. The second kappa shape index (κ2) is 6.67. The van der Waals surface area contributed by atoms with Gasteiger partial charge >= 0.3 is 0 Å². The number of fused-ring (bicyclic) bond motifs is 1. The Hall–Kier alpha value is -0.940. The van der Waals surface area contributed by atoms with E-state index in [2.05, 4.69) is 54.0 Å². The molecule has 2 heterocycles. The first-order valence-corrected chi connectivity index (χ1v) is 8.49. The Kier molecular flexibility index (Phi) is 4.83. The number of hydrogen-bond acceptors (Lipinski definition) is 4. The second-order valence-electron chi connectivity index (χ2n) is 7.23. The molecule has 3 rings (SSSR count). The van der Waals surface area contributed by atoms with E-state index in [0.29, 0.717) is 12.1 Å². The zero-order valence-electron chi connectivity index (χ0n) is 14.3. The number of likely N-dealkylation sites (tertiary alicyclic amines) is 1. The topological polar surface area (TPSA) is 35.7 Å². The van der Waals surface area contributed by atoms with E-state index in [4.69, 9.17) is 5.73 Å². The molecule has 1 aromatic rings. The molecule has 0 saturated carbocycles. The highest BCUT2D eigenvalue weighted by Gasteiger charge is 2.35. The fourth-order valence-corrected chi connectivity index (χ4v) is 4.02. The van der Waals surface area contributed by atoms with Crippen LogP contribution in [0.2, 0.25) is 0 Å². The van der Waals surface area contributed by atoms with Crippen LogP contribution in [0.15, 0.2) is 18.2 Å². The van der Waals surface area contributed by atoms with Crippen molar-refractivity contribution in [1.82, 2.24) is 14.7 Å². The first-order valence-electron chi connectivity index (χ1n) is 8.49. The summed E-state index contributed by atoms with van der Waals surface area (Å²) in [6.07, 6.45) is 2.54. The van der Waals surface area contributed by atoms with Gasteiger partial charge in [0, 0.05) is 31.7 Å². The molecule has 1 fully saturated rings. The molecule has 1 saturated heterocycles. The Morgan fingerprint density at radius 1 is 1.23 bits per heavy atom. The Morgan fingerprint density at radius 2 is 1.95 bits per heavy atom. The minimum Gasteiger partial charge on any atom is -0.329 e. The summed E-state index contributed by atoms with van der Waals surface area (Å²) in [6.45, 7) is 5.22. The Balaban J connectivity index is 1.78. The van der Waals surface area contributed by atoms with E-state index in [9.17, 15) is 0 Å². The third kappa shape index (κ3) is 3.20. The number of nitrogens with zero attached hydrogens (tertiary/aromatic N) is 3. The van der Waals surface area contributed by atoms with Crippen molar-refractivity contribution in [3.8, 4) is 0 Å². The van der Waals surface area contributed by atoms with Crippen LogP contribution >= 0.6 is 0 Å². The minimum atomic E-state index is 0.408. The summed E-state index contributed by atoms with van der Waals surface area (Å²) in [5, 5.41) is 0. The fourth-order valence-electron chi connectivity index (χ4n) is 4.02. The number of nitrogens with two attached hydrogens (primary N) is 1. The van der Waals surface area contributed by atoms with Crippen molar-refractivity contribution in [1.29, 1.82) is 0 Å². The highest BCUT2D eigenvalue weighted by atomic mass is 15.2. The molecule has 0 radical (unpaired) electrons. The average Bonchev–Trinajstić information content (AvgIpc) is 2.85. The van der Waals surface area contributed by atoms with Crippen LogP contribution in [-0.4, -0.2) is 61.5 Å². The molecule has 0 aliphatic carbocycles. The molecule has 0 amide bonds. The summed E-state index contributed by atoms with van der Waals surface area (Å²) < 4.78 is 0. The summed E-state index contributed by atoms with van der Waals surface area (Å²) in [5.74, 6) is 0. The molecule has 0 aromatic heterocycles. The van der Waals surface area contributed by atoms with Gasteiger partial charge in [-0.1, -0.05) is 18.2 Å². The molecule has 0 bridgehead atoms. The summed E-state index contributed by atoms with van der Waals surface area (Å²) >= 11 is 0. The molecular formula is C18H30N4. The Morgan fingerprint density at radius 3 is 2.59 bits per heavy atom. The number of hydrogen-bond donors (Lipinski definition) is 1. The van der Waals surface area contributed by atoms with Crippen LogP contribution in [0.5, 0.6) is 0 Å². The summed E-state index contributed by atoms with van der Waals surface area (Å²) in [4.78, 5) is 7.33. The van der Waals surface area contributed by atoms with Gasteiger partial charge in [0.15, 0.2) is 0 Å². The van der Waals surface area contributed by atoms with Crippen molar-refractivity contribution < 1.29 is 0 Å². The molecule has 2 N–H and O–H groups in total. The van der Waals surface area contributed by atoms with Gasteiger partial charge in [0.05, 0.1) is 0 Å². The van der Waals surface area contributed by atoms with Gasteiger partial charge in [0.1, 0.15) is 0 Å². The first-order chi connectivity index (χ1) is 10.6. The highest BCUT2D eigenvalue weighted by Crippen LogP contribution is 2.37. The van der Waals surface area contributed by atoms with Gasteiger partial charge in [-0.25, -0.2) is 0 Å². The normalized spacial score (nSPS) is 24.1. The second-order valence-corrected chi connectivity index (χ2v) is 7.23. The lowest BCUT2D eigenvalue weighted by Gasteiger charge is -2.38. The quantitative estimate of drug-likeness (QED) is 0.917. The zero-order chi connectivity index (χ0) is 15.7. The van der Waals surface area contributed by atoms with Gasteiger partial charge in [0.2, 0.25) is 0 Å². The van der Waals surface area contributed by atoms with Crippen LogP contribution in [0.3, 0.4) is 0 Å². The minimum absolute atomic E-state index is 0.408. The lowest BCUT2D eigenvalue weighted by atomic mass is 9.99. The average molecular weight is 302 g/mol. The zero-order valence-corrected chi connectivity index (χ0v) is 14.3. The van der Waals surface area contributed by atoms with Crippen molar-refractivity contribution >= 4 is 0 Å². The lowest BCUT2D eigenvalue weighted by Crippen LogP contribution is -2.44. The highest BCUT2D eigenvalue weighted by molar-refractivity contribution is 5.38. The van der Waals surface area contributed by atoms with Crippen LogP contribution in [-0.2, 0) is 13.1 Å². The van der Waals surface area contributed by atoms with E-state index >= 15 is 0 Å². The van der Waals surface area contributed by atoms with Crippen LogP contribution in [0, 0.1) is 0 Å². The molecule has 1 aromatic carbocycles. The van der Waals surface area contributed by atoms with E-state index in [1.165, 1.54) is 42.6 Å². The lowest BCUT2D eigenvalue weighted by molar-refractivity contribution is 0.0908. The summed E-state index contributed by atoms with van der Waals surface area (Å²) in [5.41, 5.74) is 10.5. The predicted octanol–water partition coefficient (Wildman–Crippen LogP) is 1.66. The van der Waals surface area contributed by atoms with Gasteiger partial charge in [0.25, 0.3) is 0 Å². The smallest absolute Gasteiger partial charge is 0.0480 e. The van der Waals surface area contributed by atoms with Crippen molar-refractivity contribution in [2.75, 3.05) is 40.8 Å². The number of rotatable bonds is 4. The van der Waals surface area contributed by atoms with E-state index in [1.807, 2.05) is 0 Å². The molecule has 22 heavy (non-hydrogen) atoms. The molecule has 1 unspecified atom stereocenters. The van der Waals surface area contributed by atoms with Crippen molar-refractivity contribution in [3.05, 3.63) is 34.9 Å². The summed E-state index contributed by atoms with van der Waals surface area (Å²) in [6, 6.07) is 8.10. The first kappa shape index (κ1) is 15.9. The van der Waals surface area contributed by atoms with Crippen LogP contribution in [0.25, 0.3) is 0 Å². The molecule has 4 nitrogen and oxygen atoms in total. The summed E-state index contributed by atoms with van der Waals surface area (Å²) in [7, 11) is 6.47. The van der Waals surface area contributed by atoms with Gasteiger partial charge in [-0.2, -0.15) is 0 Å². The third-order valence-electron chi connectivity index (χ3n) is 5.20. The monoisotopic (exact) mass is 302 g/mol. The maximum absolute atomic E-state index is 6.16. The van der Waals surface area contributed by atoms with E-state index < -0.39 is 0 Å². The van der Waals surface area contributed by atoms with Gasteiger partial charge < -0.3 is 15.5 Å². The number of benzene rings is 1. The van der Waals surface area contributed by atoms with Crippen molar-refractivity contribution in [3.63, 3.8) is 0 Å². The fraction of sp³-hybridized carbons (Fsp3) is 0.667. The molecule has 1 atom stereocenters. The van der Waals surface area contributed by atoms with Crippen LogP contribution < -0.4 is 5.73 Å². The SMILES string of the molecule is CN(C)Cc1ccc2c(c1)C(CN)N(C1CCN(C)CC1)C2. The standard InChI is InChI=1S/C18H30N4/c1-20(2)12-14-4-5-15-13-22(18(11-19)17(15)10-14)16-6-8-21(3)9-7-16/h4-5,10,16,18H,6-9,11-13,19H2,1-3H3. The Bertz CT molecular complexity index is 506. The van der Waals surface area contributed by atoms with Crippen LogP contribution in [0.4, 0.5) is 0 Å². The largest absolute Gasteiger partial charge is 0.329 e.